The first-order valence-electron chi connectivity index (χ1n) is 8.00. The fourth-order valence-electron chi connectivity index (χ4n) is 2.58. The number of hydrogen-bond donors (Lipinski definition) is 1. The van der Waals surface area contributed by atoms with Crippen molar-refractivity contribution in [1.82, 2.24) is 10.2 Å². The Morgan fingerprint density at radius 2 is 2.08 bits per heavy atom. The Morgan fingerprint density at radius 3 is 2.72 bits per heavy atom. The third-order valence-electron chi connectivity index (χ3n) is 3.98. The molecule has 1 atom stereocenters. The Morgan fingerprint density at radius 1 is 1.32 bits per heavy atom. The molecular weight excluding hydrogens is 362 g/mol. The van der Waals surface area contributed by atoms with E-state index in [1.54, 1.807) is 0 Å². The smallest absolute Gasteiger partial charge is 0.277 e. The average molecular weight is 381 g/mol. The summed E-state index contributed by atoms with van der Waals surface area (Å²) in [4.78, 5) is 12.0. The molecule has 3 rings (SSSR count). The molecule has 1 saturated heterocycles. The molecule has 1 aromatic heterocycles. The van der Waals surface area contributed by atoms with Crippen LogP contribution >= 0.6 is 11.8 Å². The Hall–Kier alpha value is -1.87. The predicted octanol–water partition coefficient (Wildman–Crippen LogP) is 2.26. The van der Waals surface area contributed by atoms with E-state index < -0.39 is 9.84 Å². The normalized spacial score (nSPS) is 19.0. The number of hydrogen-bond acceptors (Lipinski definition) is 7. The molecule has 2 aromatic rings. The Balaban J connectivity index is 1.50. The predicted molar refractivity (Wildman–Crippen MR) is 95.5 cm³/mol. The quantitative estimate of drug-likeness (QED) is 0.766. The fourth-order valence-corrected chi connectivity index (χ4v) is 4.88. The molecule has 1 N–H and O–H groups in total. The van der Waals surface area contributed by atoms with E-state index in [4.69, 9.17) is 4.42 Å². The van der Waals surface area contributed by atoms with Crippen LogP contribution < -0.4 is 5.32 Å². The van der Waals surface area contributed by atoms with Gasteiger partial charge in [-0.15, -0.1) is 10.2 Å². The average Bonchev–Trinajstić information content (AvgIpc) is 3.20. The lowest BCUT2D eigenvalue weighted by molar-refractivity contribution is -0.113. The monoisotopic (exact) mass is 381 g/mol. The number of sulfone groups is 1. The standard InChI is InChI=1S/C16H19N3O4S2/c1-2-11-3-5-13(6-4-11)17-14(20)9-24-16-19-18-15(23-16)12-7-8-25(21,22)10-12/h3-6,12H,2,7-10H2,1H3,(H,17,20). The largest absolute Gasteiger partial charge is 0.416 e. The van der Waals surface area contributed by atoms with Crippen molar-refractivity contribution in [3.05, 3.63) is 35.7 Å². The summed E-state index contributed by atoms with van der Waals surface area (Å²) in [5.41, 5.74) is 1.95. The van der Waals surface area contributed by atoms with Gasteiger partial charge in [-0.25, -0.2) is 8.42 Å². The summed E-state index contributed by atoms with van der Waals surface area (Å²) in [7, 11) is -3.00. The maximum absolute atomic E-state index is 12.0. The van der Waals surface area contributed by atoms with Gasteiger partial charge < -0.3 is 9.73 Å². The number of aromatic nitrogens is 2. The minimum absolute atomic E-state index is 0.0491. The van der Waals surface area contributed by atoms with Crippen molar-refractivity contribution < 1.29 is 17.6 Å². The second kappa shape index (κ2) is 7.57. The van der Waals surface area contributed by atoms with Crippen molar-refractivity contribution in [2.45, 2.75) is 30.9 Å². The maximum atomic E-state index is 12.0. The molecular formula is C16H19N3O4S2. The minimum Gasteiger partial charge on any atom is -0.416 e. The van der Waals surface area contributed by atoms with Crippen molar-refractivity contribution in [1.29, 1.82) is 0 Å². The molecule has 134 valence electrons. The number of nitrogens with zero attached hydrogens (tertiary/aromatic N) is 2. The summed E-state index contributed by atoms with van der Waals surface area (Å²) in [6, 6.07) is 7.69. The van der Waals surface area contributed by atoms with Gasteiger partial charge in [-0.3, -0.25) is 4.79 Å². The highest BCUT2D eigenvalue weighted by Gasteiger charge is 2.32. The number of anilines is 1. The number of rotatable bonds is 6. The molecule has 1 amide bonds. The second-order valence-electron chi connectivity index (χ2n) is 5.89. The zero-order chi connectivity index (χ0) is 17.9. The first-order chi connectivity index (χ1) is 11.9. The van der Waals surface area contributed by atoms with Crippen molar-refractivity contribution in [3.63, 3.8) is 0 Å². The number of amides is 1. The Labute approximate surface area is 150 Å². The highest BCUT2D eigenvalue weighted by Crippen LogP contribution is 2.29. The summed E-state index contributed by atoms with van der Waals surface area (Å²) in [5.74, 6) is 0.268. The van der Waals surface area contributed by atoms with Gasteiger partial charge in [0.05, 0.1) is 23.2 Å². The molecule has 1 unspecified atom stereocenters. The Bertz CT molecular complexity index is 847. The van der Waals surface area contributed by atoms with E-state index in [1.165, 1.54) is 5.56 Å². The van der Waals surface area contributed by atoms with E-state index in [0.717, 1.165) is 23.9 Å². The number of carbonyl (C=O) groups excluding carboxylic acids is 1. The lowest BCUT2D eigenvalue weighted by atomic mass is 10.1. The maximum Gasteiger partial charge on any atom is 0.277 e. The highest BCUT2D eigenvalue weighted by atomic mass is 32.2. The molecule has 7 nitrogen and oxygen atoms in total. The molecule has 0 aliphatic carbocycles. The van der Waals surface area contributed by atoms with Gasteiger partial charge in [0, 0.05) is 5.69 Å². The lowest BCUT2D eigenvalue weighted by Crippen LogP contribution is -2.13. The SMILES string of the molecule is CCc1ccc(NC(=O)CSc2nnc(C3CCS(=O)(=O)C3)o2)cc1. The molecule has 1 aliphatic heterocycles. The van der Waals surface area contributed by atoms with Crippen LogP contribution in [0.2, 0.25) is 0 Å². The van der Waals surface area contributed by atoms with Crippen LogP contribution in [0, 0.1) is 0 Å². The van der Waals surface area contributed by atoms with Crippen LogP contribution in [0.1, 0.15) is 30.7 Å². The van der Waals surface area contributed by atoms with E-state index in [2.05, 4.69) is 22.4 Å². The van der Waals surface area contributed by atoms with Crippen molar-refractivity contribution in [2.75, 3.05) is 22.6 Å². The molecule has 1 fully saturated rings. The van der Waals surface area contributed by atoms with Crippen LogP contribution in [0.4, 0.5) is 5.69 Å². The molecule has 9 heteroatoms. The van der Waals surface area contributed by atoms with Crippen LogP contribution in [0.3, 0.4) is 0 Å². The van der Waals surface area contributed by atoms with Crippen molar-refractivity contribution >= 4 is 33.2 Å². The fraction of sp³-hybridized carbons (Fsp3) is 0.438. The van der Waals surface area contributed by atoms with Crippen LogP contribution in [-0.4, -0.2) is 41.8 Å². The summed E-state index contributed by atoms with van der Waals surface area (Å²) < 4.78 is 28.5. The molecule has 0 bridgehead atoms. The molecule has 0 spiro atoms. The molecule has 0 radical (unpaired) electrons. The van der Waals surface area contributed by atoms with Crippen LogP contribution in [0.25, 0.3) is 0 Å². The van der Waals surface area contributed by atoms with Gasteiger partial charge in [-0.05, 0) is 30.5 Å². The topological polar surface area (TPSA) is 102 Å². The van der Waals surface area contributed by atoms with Crippen molar-refractivity contribution in [3.8, 4) is 0 Å². The molecule has 25 heavy (non-hydrogen) atoms. The number of nitrogens with one attached hydrogen (secondary N) is 1. The number of aryl methyl sites for hydroxylation is 1. The minimum atomic E-state index is -3.00. The van der Waals surface area contributed by atoms with E-state index in [0.29, 0.717) is 12.3 Å². The summed E-state index contributed by atoms with van der Waals surface area (Å²) in [6.45, 7) is 2.07. The first-order valence-corrected chi connectivity index (χ1v) is 10.8. The number of benzene rings is 1. The van der Waals surface area contributed by atoms with Crippen molar-refractivity contribution in [2.24, 2.45) is 0 Å². The second-order valence-corrected chi connectivity index (χ2v) is 9.05. The van der Waals surface area contributed by atoms with E-state index >= 15 is 0 Å². The Kier molecular flexibility index (Phi) is 5.43. The van der Waals surface area contributed by atoms with Crippen LogP contribution in [-0.2, 0) is 21.1 Å². The molecule has 2 heterocycles. The summed E-state index contributed by atoms with van der Waals surface area (Å²) in [5, 5.41) is 10.9. The van der Waals surface area contributed by atoms with Gasteiger partial charge in [-0.1, -0.05) is 30.8 Å². The molecule has 1 aromatic carbocycles. The third kappa shape index (κ3) is 4.82. The molecule has 0 saturated carbocycles. The molecule has 1 aliphatic rings. The van der Waals surface area contributed by atoms with Gasteiger partial charge in [0.1, 0.15) is 0 Å². The number of thioether (sulfide) groups is 1. The van der Waals surface area contributed by atoms with Gasteiger partial charge in [0.15, 0.2) is 9.84 Å². The van der Waals surface area contributed by atoms with Gasteiger partial charge >= 0.3 is 0 Å². The third-order valence-corrected chi connectivity index (χ3v) is 6.56. The van der Waals surface area contributed by atoms with Gasteiger partial charge in [0.25, 0.3) is 5.22 Å². The van der Waals surface area contributed by atoms with Crippen LogP contribution in [0.15, 0.2) is 33.9 Å². The van der Waals surface area contributed by atoms with Crippen LogP contribution in [0.5, 0.6) is 0 Å². The lowest BCUT2D eigenvalue weighted by Gasteiger charge is -2.05. The van der Waals surface area contributed by atoms with Gasteiger partial charge in [-0.2, -0.15) is 0 Å². The summed E-state index contributed by atoms with van der Waals surface area (Å²) in [6.07, 6.45) is 1.45. The first kappa shape index (κ1) is 17.9. The highest BCUT2D eigenvalue weighted by molar-refractivity contribution is 7.99. The van der Waals surface area contributed by atoms with E-state index in [9.17, 15) is 13.2 Å². The van der Waals surface area contributed by atoms with E-state index in [1.807, 2.05) is 24.3 Å². The van der Waals surface area contributed by atoms with Gasteiger partial charge in [0.2, 0.25) is 11.8 Å². The summed E-state index contributed by atoms with van der Waals surface area (Å²) >= 11 is 1.13. The number of carbonyl (C=O) groups is 1. The zero-order valence-electron chi connectivity index (χ0n) is 13.8. The zero-order valence-corrected chi connectivity index (χ0v) is 15.4. The van der Waals surface area contributed by atoms with E-state index in [-0.39, 0.29) is 34.3 Å².